The Labute approximate surface area is 122 Å². The zero-order chi connectivity index (χ0) is 14.2. The average Bonchev–Trinajstić information content (AvgIpc) is 2.47. The van der Waals surface area contributed by atoms with Gasteiger partial charge in [-0.3, -0.25) is 4.21 Å². The topological polar surface area (TPSA) is 35.5 Å². The van der Waals surface area contributed by atoms with Crippen LogP contribution in [0.1, 0.15) is 26.7 Å². The number of hydrogen-bond acceptors (Lipinski definition) is 3. The van der Waals surface area contributed by atoms with Gasteiger partial charge >= 0.3 is 0 Å². The van der Waals surface area contributed by atoms with Gasteiger partial charge in [0.1, 0.15) is 11.7 Å². The molecule has 1 saturated heterocycles. The van der Waals surface area contributed by atoms with Crippen LogP contribution < -0.4 is 0 Å². The van der Waals surface area contributed by atoms with E-state index in [0.717, 1.165) is 17.7 Å². The molecule has 0 spiro atoms. The SMILES string of the molecule is CC1=CC[C@@H]2C[C@H]1OO[C@]2(C)CS(=O)c1ccccc1. The van der Waals surface area contributed by atoms with E-state index in [9.17, 15) is 4.21 Å². The zero-order valence-corrected chi connectivity index (χ0v) is 12.7. The molecule has 1 unspecified atom stereocenters. The lowest BCUT2D eigenvalue weighted by Crippen LogP contribution is -2.50. The highest BCUT2D eigenvalue weighted by Crippen LogP contribution is 2.41. The Morgan fingerprint density at radius 1 is 1.35 bits per heavy atom. The zero-order valence-electron chi connectivity index (χ0n) is 11.9. The molecule has 2 aliphatic rings. The second-order valence-electron chi connectivity index (χ2n) is 5.90. The first-order valence-corrected chi connectivity index (χ1v) is 8.35. The summed E-state index contributed by atoms with van der Waals surface area (Å²) in [7, 11) is -1.06. The minimum absolute atomic E-state index is 0.0759. The smallest absolute Gasteiger partial charge is 0.116 e. The maximum absolute atomic E-state index is 12.5. The van der Waals surface area contributed by atoms with Crippen molar-refractivity contribution in [1.82, 2.24) is 0 Å². The van der Waals surface area contributed by atoms with Crippen LogP contribution in [-0.2, 0) is 20.6 Å². The van der Waals surface area contributed by atoms with E-state index in [1.54, 1.807) is 0 Å². The van der Waals surface area contributed by atoms with Gasteiger partial charge < -0.3 is 0 Å². The van der Waals surface area contributed by atoms with E-state index in [2.05, 4.69) is 13.0 Å². The molecule has 1 aliphatic heterocycles. The fourth-order valence-electron chi connectivity index (χ4n) is 2.91. The lowest BCUT2D eigenvalue weighted by Gasteiger charge is -2.44. The van der Waals surface area contributed by atoms with Crippen molar-refractivity contribution in [2.45, 2.75) is 43.3 Å². The van der Waals surface area contributed by atoms with E-state index in [1.165, 1.54) is 5.57 Å². The Bertz CT molecular complexity index is 540. The molecule has 1 heterocycles. The van der Waals surface area contributed by atoms with Gasteiger partial charge in [-0.25, -0.2) is 9.78 Å². The Hall–Kier alpha value is -0.970. The Morgan fingerprint density at radius 3 is 2.85 bits per heavy atom. The summed E-state index contributed by atoms with van der Waals surface area (Å²) < 4.78 is 12.5. The fraction of sp³-hybridized carbons (Fsp3) is 0.500. The number of allylic oxidation sites excluding steroid dienone is 1. The van der Waals surface area contributed by atoms with E-state index >= 15 is 0 Å². The third kappa shape index (κ3) is 2.60. The van der Waals surface area contributed by atoms with Gasteiger partial charge in [-0.05, 0) is 50.3 Å². The first-order valence-electron chi connectivity index (χ1n) is 7.03. The predicted octanol–water partition coefficient (Wildman–Crippen LogP) is 3.24. The summed E-state index contributed by atoms with van der Waals surface area (Å²) in [6.07, 6.45) is 4.25. The molecule has 108 valence electrons. The van der Waals surface area contributed by atoms with Gasteiger partial charge in [0.15, 0.2) is 0 Å². The molecule has 0 aromatic heterocycles. The Kier molecular flexibility index (Phi) is 3.80. The van der Waals surface area contributed by atoms with Gasteiger partial charge in [0.25, 0.3) is 0 Å². The summed E-state index contributed by atoms with van der Waals surface area (Å²) in [4.78, 5) is 12.0. The molecule has 3 rings (SSSR count). The average molecular weight is 292 g/mol. The summed E-state index contributed by atoms with van der Waals surface area (Å²) >= 11 is 0. The third-order valence-corrected chi connectivity index (χ3v) is 6.01. The minimum Gasteiger partial charge on any atom is -0.254 e. The van der Waals surface area contributed by atoms with E-state index in [4.69, 9.17) is 9.78 Å². The van der Waals surface area contributed by atoms with Crippen molar-refractivity contribution in [3.8, 4) is 0 Å². The van der Waals surface area contributed by atoms with Crippen LogP contribution >= 0.6 is 0 Å². The Morgan fingerprint density at radius 2 is 2.10 bits per heavy atom. The van der Waals surface area contributed by atoms with E-state index < -0.39 is 16.4 Å². The molecule has 3 nitrogen and oxygen atoms in total. The van der Waals surface area contributed by atoms with Crippen molar-refractivity contribution < 1.29 is 14.0 Å². The normalized spacial score (nSPS) is 34.4. The molecule has 0 saturated carbocycles. The van der Waals surface area contributed by atoms with Crippen LogP contribution in [0.4, 0.5) is 0 Å². The van der Waals surface area contributed by atoms with Gasteiger partial charge in [0.05, 0.1) is 16.6 Å². The van der Waals surface area contributed by atoms with Crippen LogP contribution in [-0.4, -0.2) is 21.7 Å². The number of rotatable bonds is 3. The molecule has 4 atom stereocenters. The van der Waals surface area contributed by atoms with E-state index in [0.29, 0.717) is 11.7 Å². The molecule has 1 fully saturated rings. The summed E-state index contributed by atoms with van der Waals surface area (Å²) in [6.45, 7) is 4.10. The van der Waals surface area contributed by atoms with Gasteiger partial charge in [0, 0.05) is 4.90 Å². The van der Waals surface area contributed by atoms with Gasteiger partial charge in [-0.15, -0.1) is 0 Å². The van der Waals surface area contributed by atoms with Crippen molar-refractivity contribution in [2.24, 2.45) is 5.92 Å². The van der Waals surface area contributed by atoms with Gasteiger partial charge in [0.2, 0.25) is 0 Å². The van der Waals surface area contributed by atoms with Crippen molar-refractivity contribution in [2.75, 3.05) is 5.75 Å². The van der Waals surface area contributed by atoms with Crippen molar-refractivity contribution >= 4 is 10.8 Å². The fourth-order valence-corrected chi connectivity index (χ4v) is 4.34. The highest BCUT2D eigenvalue weighted by molar-refractivity contribution is 7.85. The standard InChI is InChI=1S/C16H20O3S/c1-12-8-9-13-10-15(12)18-19-16(13,2)11-20(17)14-6-4-3-5-7-14/h3-8,13,15H,9-11H2,1-2H3/t13-,15-,16-,20?/m1/s1. The predicted molar refractivity (Wildman–Crippen MR) is 78.6 cm³/mol. The van der Waals surface area contributed by atoms with Crippen LogP contribution in [0.3, 0.4) is 0 Å². The first kappa shape index (κ1) is 14.0. The van der Waals surface area contributed by atoms with Gasteiger partial charge in [-0.1, -0.05) is 24.3 Å². The lowest BCUT2D eigenvalue weighted by atomic mass is 9.77. The lowest BCUT2D eigenvalue weighted by molar-refractivity contribution is -0.408. The molecule has 0 radical (unpaired) electrons. The highest BCUT2D eigenvalue weighted by Gasteiger charge is 2.45. The third-order valence-electron chi connectivity index (χ3n) is 4.37. The van der Waals surface area contributed by atoms with Crippen LogP contribution in [0.15, 0.2) is 46.9 Å². The second-order valence-corrected chi connectivity index (χ2v) is 7.35. The van der Waals surface area contributed by atoms with E-state index in [-0.39, 0.29) is 6.10 Å². The van der Waals surface area contributed by atoms with Crippen LogP contribution in [0.5, 0.6) is 0 Å². The minimum atomic E-state index is -1.06. The molecule has 2 bridgehead atoms. The number of fused-ring (bicyclic) bond motifs is 2. The van der Waals surface area contributed by atoms with Crippen LogP contribution in [0.25, 0.3) is 0 Å². The second kappa shape index (κ2) is 5.43. The summed E-state index contributed by atoms with van der Waals surface area (Å²) in [5, 5.41) is 0. The molecule has 20 heavy (non-hydrogen) atoms. The van der Waals surface area contributed by atoms with Crippen molar-refractivity contribution in [1.29, 1.82) is 0 Å². The highest BCUT2D eigenvalue weighted by atomic mass is 32.2. The molecular formula is C16H20O3S. The summed E-state index contributed by atoms with van der Waals surface area (Å²) in [5.74, 6) is 0.846. The molecule has 4 heteroatoms. The number of hydrogen-bond donors (Lipinski definition) is 0. The van der Waals surface area contributed by atoms with Crippen LogP contribution in [0.2, 0.25) is 0 Å². The van der Waals surface area contributed by atoms with Gasteiger partial charge in [-0.2, -0.15) is 0 Å². The largest absolute Gasteiger partial charge is 0.254 e. The molecular weight excluding hydrogens is 272 g/mol. The molecule has 0 amide bonds. The quantitative estimate of drug-likeness (QED) is 0.634. The van der Waals surface area contributed by atoms with Crippen molar-refractivity contribution in [3.05, 3.63) is 42.0 Å². The maximum Gasteiger partial charge on any atom is 0.116 e. The molecule has 0 N–H and O–H groups in total. The Balaban J connectivity index is 1.75. The van der Waals surface area contributed by atoms with E-state index in [1.807, 2.05) is 37.3 Å². The maximum atomic E-state index is 12.5. The molecule has 1 aromatic rings. The molecule has 1 aliphatic carbocycles. The number of benzene rings is 1. The monoisotopic (exact) mass is 292 g/mol. The van der Waals surface area contributed by atoms with Crippen molar-refractivity contribution in [3.63, 3.8) is 0 Å². The first-order chi connectivity index (χ1) is 9.58. The van der Waals surface area contributed by atoms with Crippen LogP contribution in [0, 0.1) is 5.92 Å². The molecule has 1 aromatic carbocycles. The summed E-state index contributed by atoms with van der Waals surface area (Å²) in [6, 6.07) is 9.56. The summed E-state index contributed by atoms with van der Waals surface area (Å²) in [5.41, 5.74) is 0.765.